The standard InChI is InChI=1S/C14H18O6/c1-3-5-13(16)19-8-10-7-11(15)12(9-18-10)20-14(17)6-4-2/h7,9H,3-6,8H2,1-2H3. The SMILES string of the molecule is CCCC(=O)OCc1cc(=O)c(OC(=O)CCC)co1. The fourth-order valence-electron chi connectivity index (χ4n) is 1.39. The summed E-state index contributed by atoms with van der Waals surface area (Å²) in [5.74, 6) is -0.794. The first-order valence-corrected chi connectivity index (χ1v) is 6.54. The molecule has 0 atom stereocenters. The Morgan fingerprint density at radius 1 is 1.15 bits per heavy atom. The van der Waals surface area contributed by atoms with Crippen molar-refractivity contribution < 1.29 is 23.5 Å². The van der Waals surface area contributed by atoms with Crippen molar-refractivity contribution in [3.8, 4) is 5.75 Å². The molecule has 0 aromatic carbocycles. The fraction of sp³-hybridized carbons (Fsp3) is 0.500. The first kappa shape index (κ1) is 15.9. The fourth-order valence-corrected chi connectivity index (χ4v) is 1.39. The predicted octanol–water partition coefficient (Wildman–Crippen LogP) is 2.19. The van der Waals surface area contributed by atoms with Crippen LogP contribution in [-0.4, -0.2) is 11.9 Å². The van der Waals surface area contributed by atoms with E-state index >= 15 is 0 Å². The van der Waals surface area contributed by atoms with Crippen molar-refractivity contribution in [2.24, 2.45) is 0 Å². The van der Waals surface area contributed by atoms with Crippen LogP contribution in [0.1, 0.15) is 45.3 Å². The molecule has 0 radical (unpaired) electrons. The van der Waals surface area contributed by atoms with Crippen LogP contribution in [0.25, 0.3) is 0 Å². The third-order valence-electron chi connectivity index (χ3n) is 2.36. The van der Waals surface area contributed by atoms with Gasteiger partial charge in [0.25, 0.3) is 0 Å². The second-order valence-electron chi connectivity index (χ2n) is 4.21. The van der Waals surface area contributed by atoms with Crippen molar-refractivity contribution in [2.45, 2.75) is 46.1 Å². The van der Waals surface area contributed by atoms with E-state index < -0.39 is 11.4 Å². The van der Waals surface area contributed by atoms with Gasteiger partial charge in [-0.25, -0.2) is 0 Å². The molecule has 0 bridgehead atoms. The molecular formula is C14H18O6. The minimum absolute atomic E-state index is 0.114. The summed E-state index contributed by atoms with van der Waals surface area (Å²) in [5.41, 5.74) is -0.484. The van der Waals surface area contributed by atoms with Crippen molar-refractivity contribution in [2.75, 3.05) is 0 Å². The highest BCUT2D eigenvalue weighted by molar-refractivity contribution is 5.72. The zero-order chi connectivity index (χ0) is 15.0. The first-order valence-electron chi connectivity index (χ1n) is 6.54. The van der Waals surface area contributed by atoms with Crippen molar-refractivity contribution in [1.82, 2.24) is 0 Å². The lowest BCUT2D eigenvalue weighted by Gasteiger charge is -2.05. The topological polar surface area (TPSA) is 82.8 Å². The Morgan fingerprint density at radius 2 is 1.80 bits per heavy atom. The molecule has 0 aliphatic heterocycles. The zero-order valence-electron chi connectivity index (χ0n) is 11.6. The molecule has 0 aliphatic rings. The second kappa shape index (κ2) is 8.14. The molecule has 0 unspecified atom stereocenters. The van der Waals surface area contributed by atoms with Crippen LogP contribution in [-0.2, 0) is 20.9 Å². The molecule has 1 heterocycles. The normalized spacial score (nSPS) is 10.1. The summed E-state index contributed by atoms with van der Waals surface area (Å²) in [6, 6.07) is 1.15. The molecule has 6 heteroatoms. The Morgan fingerprint density at radius 3 is 2.40 bits per heavy atom. The number of ether oxygens (including phenoxy) is 2. The Hall–Kier alpha value is -2.11. The highest BCUT2D eigenvalue weighted by Gasteiger charge is 2.10. The summed E-state index contributed by atoms with van der Waals surface area (Å²) >= 11 is 0. The summed E-state index contributed by atoms with van der Waals surface area (Å²) in [6.07, 6.45) is 2.93. The van der Waals surface area contributed by atoms with E-state index in [0.29, 0.717) is 19.3 Å². The largest absolute Gasteiger partial charge is 0.462 e. The van der Waals surface area contributed by atoms with E-state index in [1.807, 2.05) is 13.8 Å². The third-order valence-corrected chi connectivity index (χ3v) is 2.36. The van der Waals surface area contributed by atoms with Crippen LogP contribution < -0.4 is 10.2 Å². The lowest BCUT2D eigenvalue weighted by atomic mass is 10.3. The lowest BCUT2D eigenvalue weighted by molar-refractivity contribution is -0.145. The molecule has 1 rings (SSSR count). The maximum absolute atomic E-state index is 11.7. The molecule has 1 aromatic rings. The maximum atomic E-state index is 11.7. The van der Waals surface area contributed by atoms with Crippen LogP contribution in [0.5, 0.6) is 5.75 Å². The predicted molar refractivity (Wildman–Crippen MR) is 70.2 cm³/mol. The van der Waals surface area contributed by atoms with Crippen molar-refractivity contribution in [1.29, 1.82) is 0 Å². The minimum atomic E-state index is -0.484. The van der Waals surface area contributed by atoms with Crippen LogP contribution >= 0.6 is 0 Å². The molecule has 1 aromatic heterocycles. The Kier molecular flexibility index (Phi) is 6.49. The van der Waals surface area contributed by atoms with Crippen LogP contribution in [0.3, 0.4) is 0 Å². The molecule has 0 saturated heterocycles. The highest BCUT2D eigenvalue weighted by Crippen LogP contribution is 2.09. The molecule has 0 saturated carbocycles. The number of carbonyl (C=O) groups excluding carboxylic acids is 2. The van der Waals surface area contributed by atoms with E-state index in [1.54, 1.807) is 0 Å². The van der Waals surface area contributed by atoms with Crippen LogP contribution in [0, 0.1) is 0 Å². The van der Waals surface area contributed by atoms with Gasteiger partial charge in [0.05, 0.1) is 0 Å². The summed E-state index contributed by atoms with van der Waals surface area (Å²) in [4.78, 5) is 34.1. The average molecular weight is 282 g/mol. The van der Waals surface area contributed by atoms with Gasteiger partial charge >= 0.3 is 11.9 Å². The Labute approximate surface area is 116 Å². The van der Waals surface area contributed by atoms with E-state index in [2.05, 4.69) is 0 Å². The Balaban J connectivity index is 2.61. The van der Waals surface area contributed by atoms with Crippen molar-refractivity contribution >= 4 is 11.9 Å². The maximum Gasteiger partial charge on any atom is 0.311 e. The molecule has 0 amide bonds. The van der Waals surface area contributed by atoms with E-state index in [1.165, 1.54) is 0 Å². The van der Waals surface area contributed by atoms with Crippen molar-refractivity contribution in [3.05, 3.63) is 28.3 Å². The highest BCUT2D eigenvalue weighted by atomic mass is 16.6. The van der Waals surface area contributed by atoms with Gasteiger partial charge in [0, 0.05) is 18.9 Å². The van der Waals surface area contributed by atoms with E-state index in [0.717, 1.165) is 12.3 Å². The summed E-state index contributed by atoms with van der Waals surface area (Å²) < 4.78 is 14.8. The molecule has 0 fully saturated rings. The van der Waals surface area contributed by atoms with Gasteiger partial charge in [-0.15, -0.1) is 0 Å². The van der Waals surface area contributed by atoms with Gasteiger partial charge in [0.1, 0.15) is 18.6 Å². The average Bonchev–Trinajstić information content (AvgIpc) is 2.40. The minimum Gasteiger partial charge on any atom is -0.462 e. The summed E-state index contributed by atoms with van der Waals surface area (Å²) in [5, 5.41) is 0. The van der Waals surface area contributed by atoms with Gasteiger partial charge in [-0.2, -0.15) is 0 Å². The van der Waals surface area contributed by atoms with E-state index in [4.69, 9.17) is 13.9 Å². The third kappa shape index (κ3) is 5.26. The quantitative estimate of drug-likeness (QED) is 0.713. The molecule has 110 valence electrons. The van der Waals surface area contributed by atoms with Gasteiger partial charge in [-0.05, 0) is 12.8 Å². The van der Waals surface area contributed by atoms with Gasteiger partial charge in [0.2, 0.25) is 11.2 Å². The summed E-state index contributed by atoms with van der Waals surface area (Å²) in [6.45, 7) is 3.58. The van der Waals surface area contributed by atoms with Crippen LogP contribution in [0.2, 0.25) is 0 Å². The molecule has 20 heavy (non-hydrogen) atoms. The monoisotopic (exact) mass is 282 g/mol. The lowest BCUT2D eigenvalue weighted by Crippen LogP contribution is -2.14. The summed E-state index contributed by atoms with van der Waals surface area (Å²) in [7, 11) is 0. The Bertz CT molecular complexity index is 517. The molecule has 0 aliphatic carbocycles. The first-order chi connectivity index (χ1) is 9.56. The van der Waals surface area contributed by atoms with E-state index in [9.17, 15) is 14.4 Å². The number of hydrogen-bond acceptors (Lipinski definition) is 6. The smallest absolute Gasteiger partial charge is 0.311 e. The number of hydrogen-bond donors (Lipinski definition) is 0. The number of carbonyl (C=O) groups is 2. The van der Waals surface area contributed by atoms with Crippen molar-refractivity contribution in [3.63, 3.8) is 0 Å². The number of rotatable bonds is 7. The van der Waals surface area contributed by atoms with E-state index in [-0.39, 0.29) is 30.5 Å². The number of esters is 2. The molecule has 0 spiro atoms. The molecule has 6 nitrogen and oxygen atoms in total. The molecular weight excluding hydrogens is 264 g/mol. The van der Waals surface area contributed by atoms with Gasteiger partial charge in [0.15, 0.2) is 0 Å². The zero-order valence-corrected chi connectivity index (χ0v) is 11.6. The van der Waals surface area contributed by atoms with Crippen LogP contribution in [0.15, 0.2) is 21.5 Å². The van der Waals surface area contributed by atoms with Gasteiger partial charge in [-0.3, -0.25) is 14.4 Å². The van der Waals surface area contributed by atoms with Gasteiger partial charge in [-0.1, -0.05) is 13.8 Å². The molecule has 0 N–H and O–H groups in total. The second-order valence-corrected chi connectivity index (χ2v) is 4.21. The van der Waals surface area contributed by atoms with Crippen LogP contribution in [0.4, 0.5) is 0 Å². The van der Waals surface area contributed by atoms with Gasteiger partial charge < -0.3 is 13.9 Å².